The van der Waals surface area contributed by atoms with Gasteiger partial charge in [0.25, 0.3) is 0 Å². The Morgan fingerprint density at radius 2 is 2.11 bits per heavy atom. The third-order valence-corrected chi connectivity index (χ3v) is 3.98. The zero-order chi connectivity index (χ0) is 13.8. The van der Waals surface area contributed by atoms with E-state index in [1.165, 1.54) is 0 Å². The molecule has 0 unspecified atom stereocenters. The van der Waals surface area contributed by atoms with E-state index in [4.69, 9.17) is 27.9 Å². The van der Waals surface area contributed by atoms with E-state index in [1.807, 2.05) is 16.7 Å². The van der Waals surface area contributed by atoms with Gasteiger partial charge in [-0.15, -0.1) is 10.2 Å². The molecule has 102 valence electrons. The fourth-order valence-corrected chi connectivity index (χ4v) is 2.53. The van der Waals surface area contributed by atoms with E-state index in [2.05, 4.69) is 26.1 Å². The molecule has 0 saturated heterocycles. The summed E-state index contributed by atoms with van der Waals surface area (Å²) in [6.45, 7) is 1.23. The first kappa shape index (κ1) is 14.8. The lowest BCUT2D eigenvalue weighted by Crippen LogP contribution is -2.09. The number of rotatable bonds is 5. The summed E-state index contributed by atoms with van der Waals surface area (Å²) in [6.07, 6.45) is 0. The number of ether oxygens (including phenoxy) is 1. The summed E-state index contributed by atoms with van der Waals surface area (Å²) in [4.78, 5) is 0. The van der Waals surface area contributed by atoms with Gasteiger partial charge in [-0.05, 0) is 12.1 Å². The van der Waals surface area contributed by atoms with Gasteiger partial charge in [-0.2, -0.15) is 0 Å². The van der Waals surface area contributed by atoms with Crippen molar-refractivity contribution in [3.63, 3.8) is 0 Å². The van der Waals surface area contributed by atoms with Crippen molar-refractivity contribution in [3.05, 3.63) is 34.1 Å². The predicted octanol–water partition coefficient (Wildman–Crippen LogP) is 3.79. The van der Waals surface area contributed by atoms with Crippen LogP contribution >= 0.6 is 39.1 Å². The predicted molar refractivity (Wildman–Crippen MR) is 80.0 cm³/mol. The maximum Gasteiger partial charge on any atom is 0.165 e. The van der Waals surface area contributed by atoms with Crippen molar-refractivity contribution >= 4 is 39.1 Å². The van der Waals surface area contributed by atoms with Gasteiger partial charge < -0.3 is 9.30 Å². The highest BCUT2D eigenvalue weighted by atomic mass is 79.9. The standard InChI is InChI=1S/C12H12BrCl2N3O/c1-19-6-5-18-10(7-13)16-17-12(18)8-3-2-4-9(14)11(8)15/h2-4H,5-7H2,1H3. The van der Waals surface area contributed by atoms with Crippen molar-refractivity contribution < 1.29 is 4.74 Å². The number of aromatic nitrogens is 3. The molecule has 19 heavy (non-hydrogen) atoms. The lowest BCUT2D eigenvalue weighted by Gasteiger charge is -2.10. The molecular weight excluding hydrogens is 353 g/mol. The van der Waals surface area contributed by atoms with E-state index in [9.17, 15) is 0 Å². The Morgan fingerprint density at radius 3 is 2.79 bits per heavy atom. The summed E-state index contributed by atoms with van der Waals surface area (Å²) in [7, 11) is 1.66. The van der Waals surface area contributed by atoms with Gasteiger partial charge in [0.15, 0.2) is 5.82 Å². The minimum absolute atomic E-state index is 0.483. The number of alkyl halides is 1. The van der Waals surface area contributed by atoms with E-state index in [-0.39, 0.29) is 0 Å². The van der Waals surface area contributed by atoms with E-state index in [1.54, 1.807) is 13.2 Å². The molecule has 0 saturated carbocycles. The topological polar surface area (TPSA) is 39.9 Å². The molecule has 4 nitrogen and oxygen atoms in total. The van der Waals surface area contributed by atoms with Crippen molar-refractivity contribution in [2.75, 3.05) is 13.7 Å². The van der Waals surface area contributed by atoms with Gasteiger partial charge in [0.2, 0.25) is 0 Å². The summed E-state index contributed by atoms with van der Waals surface area (Å²) < 4.78 is 7.08. The van der Waals surface area contributed by atoms with Crippen molar-refractivity contribution in [3.8, 4) is 11.4 Å². The average molecular weight is 365 g/mol. The van der Waals surface area contributed by atoms with Crippen LogP contribution in [0.2, 0.25) is 10.0 Å². The highest BCUT2D eigenvalue weighted by Crippen LogP contribution is 2.32. The fourth-order valence-electron chi connectivity index (χ4n) is 1.73. The molecule has 2 aromatic rings. The van der Waals surface area contributed by atoms with E-state index < -0.39 is 0 Å². The molecule has 0 N–H and O–H groups in total. The Morgan fingerprint density at radius 1 is 1.32 bits per heavy atom. The van der Waals surface area contributed by atoms with Crippen LogP contribution < -0.4 is 0 Å². The third kappa shape index (κ3) is 3.11. The smallest absolute Gasteiger partial charge is 0.165 e. The van der Waals surface area contributed by atoms with Crippen LogP contribution in [-0.2, 0) is 16.6 Å². The summed E-state index contributed by atoms with van der Waals surface area (Å²) in [5.41, 5.74) is 0.768. The molecule has 0 aliphatic carbocycles. The summed E-state index contributed by atoms with van der Waals surface area (Å²) >= 11 is 15.7. The second kappa shape index (κ2) is 6.70. The minimum atomic E-state index is 0.483. The van der Waals surface area contributed by atoms with Gasteiger partial charge in [0, 0.05) is 19.2 Å². The van der Waals surface area contributed by atoms with Crippen LogP contribution in [0.1, 0.15) is 5.82 Å². The Kier molecular flexibility index (Phi) is 5.21. The maximum absolute atomic E-state index is 6.23. The molecule has 7 heteroatoms. The molecule has 1 aromatic heterocycles. The lowest BCUT2D eigenvalue weighted by atomic mass is 10.2. The molecule has 0 spiro atoms. The number of hydrogen-bond donors (Lipinski definition) is 0. The molecule has 0 bridgehead atoms. The fraction of sp³-hybridized carbons (Fsp3) is 0.333. The highest BCUT2D eigenvalue weighted by Gasteiger charge is 2.16. The molecule has 0 aliphatic rings. The van der Waals surface area contributed by atoms with Gasteiger partial charge in [-0.3, -0.25) is 0 Å². The zero-order valence-corrected chi connectivity index (χ0v) is 13.3. The van der Waals surface area contributed by atoms with Gasteiger partial charge in [-0.1, -0.05) is 45.2 Å². The molecule has 0 fully saturated rings. The molecule has 0 atom stereocenters. The Balaban J connectivity index is 2.49. The molecule has 1 heterocycles. The highest BCUT2D eigenvalue weighted by molar-refractivity contribution is 9.08. The van der Waals surface area contributed by atoms with Gasteiger partial charge in [0.05, 0.1) is 22.0 Å². The Hall–Kier alpha value is -0.620. The van der Waals surface area contributed by atoms with Crippen molar-refractivity contribution in [1.82, 2.24) is 14.8 Å². The van der Waals surface area contributed by atoms with Crippen molar-refractivity contribution in [1.29, 1.82) is 0 Å². The Labute approximate surface area is 129 Å². The first-order valence-corrected chi connectivity index (χ1v) is 7.48. The normalized spacial score (nSPS) is 10.9. The maximum atomic E-state index is 6.23. The number of nitrogens with zero attached hydrogens (tertiary/aromatic N) is 3. The second-order valence-corrected chi connectivity index (χ2v) is 5.17. The lowest BCUT2D eigenvalue weighted by molar-refractivity contribution is 0.187. The molecular formula is C12H12BrCl2N3O. The van der Waals surface area contributed by atoms with Crippen LogP contribution in [0.3, 0.4) is 0 Å². The quantitative estimate of drug-likeness (QED) is 0.757. The van der Waals surface area contributed by atoms with E-state index >= 15 is 0 Å². The van der Waals surface area contributed by atoms with Crippen LogP contribution in [0.15, 0.2) is 18.2 Å². The molecule has 0 aliphatic heterocycles. The number of methoxy groups -OCH3 is 1. The van der Waals surface area contributed by atoms with Crippen LogP contribution in [0, 0.1) is 0 Å². The summed E-state index contributed by atoms with van der Waals surface area (Å²) in [6, 6.07) is 5.46. The van der Waals surface area contributed by atoms with E-state index in [0.29, 0.717) is 34.4 Å². The molecule has 2 rings (SSSR count). The van der Waals surface area contributed by atoms with Crippen LogP contribution in [0.4, 0.5) is 0 Å². The number of benzene rings is 1. The monoisotopic (exact) mass is 363 g/mol. The van der Waals surface area contributed by atoms with Crippen LogP contribution in [0.5, 0.6) is 0 Å². The Bertz CT molecular complexity index is 574. The number of hydrogen-bond acceptors (Lipinski definition) is 3. The molecule has 1 aromatic carbocycles. The SMILES string of the molecule is COCCn1c(CBr)nnc1-c1cccc(Cl)c1Cl. The number of halogens is 3. The first-order chi connectivity index (χ1) is 9.19. The van der Waals surface area contributed by atoms with Gasteiger partial charge in [0.1, 0.15) is 5.82 Å². The summed E-state index contributed by atoms with van der Waals surface area (Å²) in [5, 5.41) is 9.94. The average Bonchev–Trinajstić information content (AvgIpc) is 2.82. The largest absolute Gasteiger partial charge is 0.383 e. The first-order valence-electron chi connectivity index (χ1n) is 5.60. The van der Waals surface area contributed by atoms with E-state index in [0.717, 1.165) is 11.4 Å². The van der Waals surface area contributed by atoms with Crippen molar-refractivity contribution in [2.45, 2.75) is 11.9 Å². The zero-order valence-electron chi connectivity index (χ0n) is 10.2. The molecule has 0 radical (unpaired) electrons. The van der Waals surface area contributed by atoms with Gasteiger partial charge >= 0.3 is 0 Å². The van der Waals surface area contributed by atoms with Crippen LogP contribution in [0.25, 0.3) is 11.4 Å². The third-order valence-electron chi connectivity index (χ3n) is 2.66. The van der Waals surface area contributed by atoms with Crippen LogP contribution in [-0.4, -0.2) is 28.5 Å². The molecule has 0 amide bonds. The van der Waals surface area contributed by atoms with Gasteiger partial charge in [-0.25, -0.2) is 0 Å². The van der Waals surface area contributed by atoms with Crippen molar-refractivity contribution in [2.24, 2.45) is 0 Å². The second-order valence-electron chi connectivity index (χ2n) is 3.82. The minimum Gasteiger partial charge on any atom is -0.383 e. The summed E-state index contributed by atoms with van der Waals surface area (Å²) in [5.74, 6) is 1.52.